The van der Waals surface area contributed by atoms with Crippen molar-refractivity contribution in [3.8, 4) is 0 Å². The third-order valence-corrected chi connectivity index (χ3v) is 5.97. The number of nitrogens with zero attached hydrogens (tertiary/aromatic N) is 2. The number of rotatable bonds is 4. The van der Waals surface area contributed by atoms with Gasteiger partial charge in [0.2, 0.25) is 0 Å². The van der Waals surface area contributed by atoms with Gasteiger partial charge >= 0.3 is 0 Å². The average Bonchev–Trinajstić information content (AvgIpc) is 3.17. The molecule has 0 saturated carbocycles. The third-order valence-electron chi connectivity index (χ3n) is 5.28. The van der Waals surface area contributed by atoms with Crippen molar-refractivity contribution in [2.75, 3.05) is 39.9 Å². The van der Waals surface area contributed by atoms with Gasteiger partial charge < -0.3 is 19.7 Å². The molecule has 0 radical (unpaired) electrons. The van der Waals surface area contributed by atoms with Gasteiger partial charge in [-0.2, -0.15) is 0 Å². The number of halogens is 2. The van der Waals surface area contributed by atoms with Crippen LogP contribution in [0.5, 0.6) is 0 Å². The fraction of sp³-hybridized carbons (Fsp3) is 0.650. The van der Waals surface area contributed by atoms with Crippen LogP contribution in [0.1, 0.15) is 32.3 Å². The zero-order valence-corrected chi connectivity index (χ0v) is 20.3. The standard InChI is InChI=1S/C20H30BrN3O2.HI/c1-20(2,15-7-4-5-8-16(15)21)14-23-19(22-3)24-10-12-26-18(13-24)17-9-6-11-25-17;/h4-5,7-8,17-18H,6,9-14H2,1-3H3,(H,22,23);1H. The first-order valence-electron chi connectivity index (χ1n) is 9.45. The lowest BCUT2D eigenvalue weighted by molar-refractivity contribution is -0.0817. The summed E-state index contributed by atoms with van der Waals surface area (Å²) in [6.07, 6.45) is 2.60. The lowest BCUT2D eigenvalue weighted by atomic mass is 9.84. The maximum atomic E-state index is 5.96. The Bertz CT molecular complexity index is 635. The maximum Gasteiger partial charge on any atom is 0.193 e. The predicted octanol–water partition coefficient (Wildman–Crippen LogP) is 3.80. The molecule has 0 spiro atoms. The molecule has 0 aromatic heterocycles. The molecule has 1 aromatic rings. The average molecular weight is 552 g/mol. The molecule has 2 atom stereocenters. The van der Waals surface area contributed by atoms with Gasteiger partial charge in [-0.1, -0.05) is 48.0 Å². The van der Waals surface area contributed by atoms with Crippen LogP contribution < -0.4 is 5.32 Å². The fourth-order valence-electron chi connectivity index (χ4n) is 3.73. The van der Waals surface area contributed by atoms with Gasteiger partial charge in [0, 0.05) is 43.2 Å². The van der Waals surface area contributed by atoms with Crippen molar-refractivity contribution in [2.24, 2.45) is 4.99 Å². The molecule has 1 aromatic carbocycles. The van der Waals surface area contributed by atoms with Gasteiger partial charge in [-0.05, 0) is 24.5 Å². The van der Waals surface area contributed by atoms with Crippen molar-refractivity contribution < 1.29 is 9.47 Å². The highest BCUT2D eigenvalue weighted by atomic mass is 127. The first-order chi connectivity index (χ1) is 12.5. The number of hydrogen-bond acceptors (Lipinski definition) is 3. The molecule has 2 unspecified atom stereocenters. The molecule has 5 nitrogen and oxygen atoms in total. The third kappa shape index (κ3) is 5.81. The molecule has 0 bridgehead atoms. The normalized spacial score (nSPS) is 23.9. The quantitative estimate of drug-likeness (QED) is 0.351. The van der Waals surface area contributed by atoms with Crippen LogP contribution in [0, 0.1) is 0 Å². The van der Waals surface area contributed by atoms with E-state index >= 15 is 0 Å². The zero-order valence-electron chi connectivity index (χ0n) is 16.4. The Morgan fingerprint density at radius 1 is 1.26 bits per heavy atom. The second kappa shape index (κ2) is 10.4. The van der Waals surface area contributed by atoms with Crippen LogP contribution in [0.3, 0.4) is 0 Å². The van der Waals surface area contributed by atoms with Gasteiger partial charge in [-0.3, -0.25) is 4.99 Å². The number of nitrogens with one attached hydrogen (secondary N) is 1. The summed E-state index contributed by atoms with van der Waals surface area (Å²) in [5, 5.41) is 3.57. The molecule has 2 aliphatic rings. The maximum absolute atomic E-state index is 5.96. The van der Waals surface area contributed by atoms with Crippen LogP contribution in [0.2, 0.25) is 0 Å². The summed E-state index contributed by atoms with van der Waals surface area (Å²) in [4.78, 5) is 6.81. The number of aliphatic imine (C=N–C) groups is 1. The van der Waals surface area contributed by atoms with Crippen LogP contribution in [0.15, 0.2) is 33.7 Å². The highest BCUT2D eigenvalue weighted by Crippen LogP contribution is 2.29. The second-order valence-electron chi connectivity index (χ2n) is 7.67. The largest absolute Gasteiger partial charge is 0.375 e. The van der Waals surface area contributed by atoms with Gasteiger partial charge in [0.1, 0.15) is 6.10 Å². The minimum atomic E-state index is -0.0176. The van der Waals surface area contributed by atoms with Crippen molar-refractivity contribution in [3.05, 3.63) is 34.3 Å². The topological polar surface area (TPSA) is 46.1 Å². The van der Waals surface area contributed by atoms with Crippen molar-refractivity contribution in [3.63, 3.8) is 0 Å². The van der Waals surface area contributed by atoms with Crippen LogP contribution >= 0.6 is 39.9 Å². The van der Waals surface area contributed by atoms with Crippen molar-refractivity contribution in [1.82, 2.24) is 10.2 Å². The number of benzene rings is 1. The van der Waals surface area contributed by atoms with Gasteiger partial charge in [0.05, 0.1) is 12.7 Å². The Morgan fingerprint density at radius 2 is 2.00 bits per heavy atom. The Kier molecular flexibility index (Phi) is 8.83. The van der Waals surface area contributed by atoms with Crippen LogP contribution in [-0.4, -0.2) is 63.0 Å². The van der Waals surface area contributed by atoms with E-state index < -0.39 is 0 Å². The number of ether oxygens (including phenoxy) is 2. The van der Waals surface area contributed by atoms with Gasteiger partial charge in [0.15, 0.2) is 5.96 Å². The molecule has 2 saturated heterocycles. The first-order valence-corrected chi connectivity index (χ1v) is 10.2. The molecule has 27 heavy (non-hydrogen) atoms. The summed E-state index contributed by atoms with van der Waals surface area (Å²) in [6, 6.07) is 8.41. The predicted molar refractivity (Wildman–Crippen MR) is 124 cm³/mol. The molecule has 2 fully saturated rings. The lowest BCUT2D eigenvalue weighted by Crippen LogP contribution is -2.54. The molecular weight excluding hydrogens is 521 g/mol. The molecule has 2 heterocycles. The van der Waals surface area contributed by atoms with Crippen molar-refractivity contribution >= 4 is 45.9 Å². The molecular formula is C20H31BrIN3O2. The SMILES string of the molecule is CN=C(NCC(C)(C)c1ccccc1Br)N1CCOC(C2CCCO2)C1.I. The lowest BCUT2D eigenvalue weighted by Gasteiger charge is -2.38. The summed E-state index contributed by atoms with van der Waals surface area (Å²) >= 11 is 3.68. The Morgan fingerprint density at radius 3 is 2.67 bits per heavy atom. The van der Waals surface area contributed by atoms with E-state index in [1.165, 1.54) is 5.56 Å². The van der Waals surface area contributed by atoms with E-state index in [0.717, 1.165) is 56.1 Å². The van der Waals surface area contributed by atoms with E-state index in [0.29, 0.717) is 0 Å². The summed E-state index contributed by atoms with van der Waals surface area (Å²) in [5.41, 5.74) is 1.28. The monoisotopic (exact) mass is 551 g/mol. The van der Waals surface area contributed by atoms with E-state index in [4.69, 9.17) is 9.47 Å². The van der Waals surface area contributed by atoms with Crippen LogP contribution in [0.4, 0.5) is 0 Å². The number of hydrogen-bond donors (Lipinski definition) is 1. The minimum Gasteiger partial charge on any atom is -0.375 e. The Balaban J connectivity index is 0.00000261. The fourth-order valence-corrected chi connectivity index (χ4v) is 4.55. The second-order valence-corrected chi connectivity index (χ2v) is 8.53. The summed E-state index contributed by atoms with van der Waals surface area (Å²) in [5.74, 6) is 0.941. The molecule has 1 N–H and O–H groups in total. The molecule has 3 rings (SSSR count). The first kappa shape index (κ1) is 22.9. The molecule has 152 valence electrons. The zero-order chi connectivity index (χ0) is 18.6. The van der Waals surface area contributed by atoms with Gasteiger partial charge in [-0.15, -0.1) is 24.0 Å². The summed E-state index contributed by atoms with van der Waals surface area (Å²) in [7, 11) is 1.85. The minimum absolute atomic E-state index is 0. The van der Waals surface area contributed by atoms with Crippen molar-refractivity contribution in [2.45, 2.75) is 44.3 Å². The molecule has 2 aliphatic heterocycles. The van der Waals surface area contributed by atoms with E-state index in [9.17, 15) is 0 Å². The van der Waals surface area contributed by atoms with E-state index in [2.05, 4.69) is 69.3 Å². The Labute approximate surface area is 188 Å². The van der Waals surface area contributed by atoms with E-state index in [1.807, 2.05) is 7.05 Å². The molecule has 7 heteroatoms. The molecule has 0 amide bonds. The van der Waals surface area contributed by atoms with Crippen LogP contribution in [0.25, 0.3) is 0 Å². The van der Waals surface area contributed by atoms with Gasteiger partial charge in [0.25, 0.3) is 0 Å². The number of morpholine rings is 1. The van der Waals surface area contributed by atoms with Crippen LogP contribution in [-0.2, 0) is 14.9 Å². The summed E-state index contributed by atoms with van der Waals surface area (Å²) < 4.78 is 12.9. The van der Waals surface area contributed by atoms with E-state index in [1.54, 1.807) is 0 Å². The highest BCUT2D eigenvalue weighted by Gasteiger charge is 2.32. The smallest absolute Gasteiger partial charge is 0.193 e. The highest BCUT2D eigenvalue weighted by molar-refractivity contribution is 14.0. The summed E-state index contributed by atoms with van der Waals surface area (Å²) in [6.45, 7) is 8.59. The molecule has 0 aliphatic carbocycles. The van der Waals surface area contributed by atoms with E-state index in [-0.39, 0.29) is 41.6 Å². The number of guanidine groups is 1. The Hall–Kier alpha value is -0.380. The van der Waals surface area contributed by atoms with Crippen molar-refractivity contribution in [1.29, 1.82) is 0 Å². The van der Waals surface area contributed by atoms with Gasteiger partial charge in [-0.25, -0.2) is 0 Å².